The predicted molar refractivity (Wildman–Crippen MR) is 125 cm³/mol. The van der Waals surface area contributed by atoms with Crippen molar-refractivity contribution >= 4 is 23.0 Å². The first-order valence-corrected chi connectivity index (χ1v) is 11.0. The second-order valence-corrected chi connectivity index (χ2v) is 8.24. The first kappa shape index (κ1) is 21.2. The monoisotopic (exact) mass is 446 g/mol. The number of aryl methyl sites for hydroxylation is 2. The Hall–Kier alpha value is -3.65. The lowest BCUT2D eigenvalue weighted by Crippen LogP contribution is -2.29. The Bertz CT molecular complexity index is 1280. The molecule has 4 aromatic rings. The van der Waals surface area contributed by atoms with Crippen molar-refractivity contribution in [3.63, 3.8) is 0 Å². The highest BCUT2D eigenvalue weighted by molar-refractivity contribution is 5.90. The fourth-order valence-corrected chi connectivity index (χ4v) is 4.37. The minimum atomic E-state index is -0.363. The highest BCUT2D eigenvalue weighted by Crippen LogP contribution is 2.33. The van der Waals surface area contributed by atoms with Gasteiger partial charge in [0, 0.05) is 30.5 Å². The van der Waals surface area contributed by atoms with Crippen LogP contribution in [-0.2, 0) is 9.47 Å². The molecule has 3 heterocycles. The molecule has 0 bridgehead atoms. The zero-order valence-corrected chi connectivity index (χ0v) is 18.9. The number of fused-ring (bicyclic) bond motifs is 1. The summed E-state index contributed by atoms with van der Waals surface area (Å²) >= 11 is 0. The van der Waals surface area contributed by atoms with E-state index in [0.717, 1.165) is 71.3 Å². The van der Waals surface area contributed by atoms with Crippen molar-refractivity contribution < 1.29 is 18.8 Å². The second-order valence-electron chi connectivity index (χ2n) is 8.24. The molecule has 0 spiro atoms. The van der Waals surface area contributed by atoms with Gasteiger partial charge >= 0.3 is 5.97 Å². The summed E-state index contributed by atoms with van der Waals surface area (Å²) in [4.78, 5) is 16.8. The number of methoxy groups -OCH3 is 1. The van der Waals surface area contributed by atoms with Gasteiger partial charge in [-0.2, -0.15) is 0 Å². The van der Waals surface area contributed by atoms with Gasteiger partial charge in [0.25, 0.3) is 0 Å². The van der Waals surface area contributed by atoms with E-state index in [1.165, 1.54) is 7.11 Å². The quantitative estimate of drug-likeness (QED) is 0.445. The molecule has 0 amide bonds. The van der Waals surface area contributed by atoms with Gasteiger partial charge in [0.1, 0.15) is 5.76 Å². The topological polar surface area (TPSA) is 91.4 Å². The molecule has 1 aliphatic rings. The Morgan fingerprint density at radius 3 is 2.55 bits per heavy atom. The molecule has 0 unspecified atom stereocenters. The number of imidazole rings is 1. The van der Waals surface area contributed by atoms with Gasteiger partial charge in [0.15, 0.2) is 0 Å². The van der Waals surface area contributed by atoms with Gasteiger partial charge in [-0.05, 0) is 68.7 Å². The molecule has 8 nitrogen and oxygen atoms in total. The standard InChI is InChI=1S/C25H26N4O4/c1-15-23(16(2)33-28-15)18-6-9-21-22(14-18)29(20-7-4-17(5-8-20)24(30)31-3)25(27-21)26-19-10-12-32-13-11-19/h4-9,14,19H,10-13H2,1-3H3,(H,26,27). The predicted octanol–water partition coefficient (Wildman–Crippen LogP) is 4.67. The normalized spacial score (nSPS) is 14.5. The van der Waals surface area contributed by atoms with E-state index in [9.17, 15) is 4.79 Å². The Morgan fingerprint density at radius 1 is 1.12 bits per heavy atom. The van der Waals surface area contributed by atoms with Crippen molar-refractivity contribution in [2.45, 2.75) is 32.7 Å². The van der Waals surface area contributed by atoms with Gasteiger partial charge in [0.05, 0.1) is 29.4 Å². The average molecular weight is 447 g/mol. The third-order valence-electron chi connectivity index (χ3n) is 6.08. The van der Waals surface area contributed by atoms with Crippen molar-refractivity contribution in [1.29, 1.82) is 0 Å². The number of carbonyl (C=O) groups excluding carboxylic acids is 1. The molecule has 1 aliphatic heterocycles. The first-order chi connectivity index (χ1) is 16.0. The third kappa shape index (κ3) is 3.98. The van der Waals surface area contributed by atoms with Crippen LogP contribution in [0, 0.1) is 13.8 Å². The molecular formula is C25H26N4O4. The Balaban J connectivity index is 1.64. The van der Waals surface area contributed by atoms with E-state index in [0.29, 0.717) is 5.56 Å². The van der Waals surface area contributed by atoms with E-state index >= 15 is 0 Å². The number of carbonyl (C=O) groups is 1. The highest BCUT2D eigenvalue weighted by atomic mass is 16.5. The Morgan fingerprint density at radius 2 is 1.88 bits per heavy atom. The summed E-state index contributed by atoms with van der Waals surface area (Å²) in [5, 5.41) is 7.72. The van der Waals surface area contributed by atoms with Gasteiger partial charge in [-0.1, -0.05) is 11.2 Å². The fourth-order valence-electron chi connectivity index (χ4n) is 4.37. The lowest BCUT2D eigenvalue weighted by Gasteiger charge is -2.24. The average Bonchev–Trinajstić information content (AvgIpc) is 3.37. The molecule has 2 aromatic heterocycles. The molecule has 1 fully saturated rings. The van der Waals surface area contributed by atoms with Crippen LogP contribution in [0.4, 0.5) is 5.95 Å². The van der Waals surface area contributed by atoms with E-state index < -0.39 is 0 Å². The van der Waals surface area contributed by atoms with Gasteiger partial charge in [0.2, 0.25) is 5.95 Å². The SMILES string of the molecule is COC(=O)c1ccc(-n2c(NC3CCOCC3)nc3ccc(-c4c(C)noc4C)cc32)cc1. The molecule has 1 saturated heterocycles. The third-order valence-corrected chi connectivity index (χ3v) is 6.08. The van der Waals surface area contributed by atoms with E-state index in [-0.39, 0.29) is 12.0 Å². The van der Waals surface area contributed by atoms with Crippen LogP contribution in [0.15, 0.2) is 47.0 Å². The molecule has 1 N–H and O–H groups in total. The number of nitrogens with zero attached hydrogens (tertiary/aromatic N) is 3. The Labute approximate surface area is 191 Å². The number of aromatic nitrogens is 3. The number of nitrogens with one attached hydrogen (secondary N) is 1. The minimum absolute atomic E-state index is 0.283. The lowest BCUT2D eigenvalue weighted by molar-refractivity contribution is 0.0600. The number of benzene rings is 2. The van der Waals surface area contributed by atoms with E-state index in [4.69, 9.17) is 19.0 Å². The van der Waals surface area contributed by atoms with Crippen molar-refractivity contribution in [2.75, 3.05) is 25.6 Å². The van der Waals surface area contributed by atoms with Crippen LogP contribution in [0.1, 0.15) is 34.7 Å². The van der Waals surface area contributed by atoms with Gasteiger partial charge in [-0.25, -0.2) is 9.78 Å². The van der Waals surface area contributed by atoms with Crippen molar-refractivity contribution in [3.8, 4) is 16.8 Å². The van der Waals surface area contributed by atoms with Crippen LogP contribution < -0.4 is 5.32 Å². The van der Waals surface area contributed by atoms with Crippen LogP contribution >= 0.6 is 0 Å². The Kier molecular flexibility index (Phi) is 5.60. The summed E-state index contributed by atoms with van der Waals surface area (Å²) in [6.07, 6.45) is 1.85. The van der Waals surface area contributed by atoms with Crippen LogP contribution in [-0.4, -0.2) is 47.0 Å². The molecule has 5 rings (SSSR count). The number of ether oxygens (including phenoxy) is 2. The number of hydrogen-bond donors (Lipinski definition) is 1. The van der Waals surface area contributed by atoms with E-state index in [2.05, 4.69) is 21.1 Å². The zero-order chi connectivity index (χ0) is 22.9. The summed E-state index contributed by atoms with van der Waals surface area (Å²) in [7, 11) is 1.38. The first-order valence-electron chi connectivity index (χ1n) is 11.0. The number of anilines is 1. The molecule has 8 heteroatoms. The summed E-state index contributed by atoms with van der Waals surface area (Å²) in [6, 6.07) is 13.8. The largest absolute Gasteiger partial charge is 0.465 e. The van der Waals surface area contributed by atoms with Gasteiger partial charge < -0.3 is 19.3 Å². The number of hydrogen-bond acceptors (Lipinski definition) is 7. The maximum atomic E-state index is 11.9. The molecule has 170 valence electrons. The van der Waals surface area contributed by atoms with Crippen molar-refractivity contribution in [1.82, 2.24) is 14.7 Å². The van der Waals surface area contributed by atoms with Crippen molar-refractivity contribution in [3.05, 3.63) is 59.5 Å². The molecule has 0 radical (unpaired) electrons. The van der Waals surface area contributed by atoms with Gasteiger partial charge in [-0.3, -0.25) is 4.57 Å². The maximum Gasteiger partial charge on any atom is 0.337 e. The van der Waals surface area contributed by atoms with E-state index in [1.54, 1.807) is 12.1 Å². The molecular weight excluding hydrogens is 420 g/mol. The number of esters is 1. The van der Waals surface area contributed by atoms with Gasteiger partial charge in [-0.15, -0.1) is 0 Å². The smallest absolute Gasteiger partial charge is 0.337 e. The summed E-state index contributed by atoms with van der Waals surface area (Å²) in [6.45, 7) is 5.33. The molecule has 0 atom stereocenters. The summed E-state index contributed by atoms with van der Waals surface area (Å²) < 4.78 is 17.8. The van der Waals surface area contributed by atoms with Crippen molar-refractivity contribution in [2.24, 2.45) is 0 Å². The fraction of sp³-hybridized carbons (Fsp3) is 0.320. The maximum absolute atomic E-state index is 11.9. The van der Waals surface area contributed by atoms with Crippen LogP contribution in [0.2, 0.25) is 0 Å². The van der Waals surface area contributed by atoms with Crippen LogP contribution in [0.25, 0.3) is 27.8 Å². The summed E-state index contributed by atoms with van der Waals surface area (Å²) in [5.74, 6) is 1.18. The molecule has 2 aromatic carbocycles. The van der Waals surface area contributed by atoms with Crippen LogP contribution in [0.3, 0.4) is 0 Å². The zero-order valence-electron chi connectivity index (χ0n) is 18.9. The minimum Gasteiger partial charge on any atom is -0.465 e. The molecule has 0 saturated carbocycles. The lowest BCUT2D eigenvalue weighted by atomic mass is 10.0. The highest BCUT2D eigenvalue weighted by Gasteiger charge is 2.20. The van der Waals surface area contributed by atoms with E-state index in [1.807, 2.05) is 38.1 Å². The number of rotatable bonds is 5. The second kappa shape index (κ2) is 8.71. The van der Waals surface area contributed by atoms with Crippen LogP contribution in [0.5, 0.6) is 0 Å². The molecule has 0 aliphatic carbocycles. The molecule has 33 heavy (non-hydrogen) atoms. The summed E-state index contributed by atoms with van der Waals surface area (Å²) in [5.41, 5.74) is 6.08.